The number of halogens is 3. The van der Waals surface area contributed by atoms with Crippen molar-refractivity contribution in [1.82, 2.24) is 19.9 Å². The summed E-state index contributed by atoms with van der Waals surface area (Å²) in [5.41, 5.74) is -1.03. The van der Waals surface area contributed by atoms with Crippen LogP contribution in [0.3, 0.4) is 0 Å². The fourth-order valence-corrected chi connectivity index (χ4v) is 3.17. The van der Waals surface area contributed by atoms with Gasteiger partial charge in [-0.15, -0.1) is 0 Å². The highest BCUT2D eigenvalue weighted by molar-refractivity contribution is 7.90. The number of rotatable bonds is 6. The van der Waals surface area contributed by atoms with E-state index in [9.17, 15) is 21.6 Å². The van der Waals surface area contributed by atoms with Gasteiger partial charge in [-0.25, -0.2) is 8.42 Å². The minimum absolute atomic E-state index is 0.000521. The molecule has 0 radical (unpaired) electrons. The van der Waals surface area contributed by atoms with Gasteiger partial charge in [-0.2, -0.15) is 23.3 Å². The van der Waals surface area contributed by atoms with Crippen molar-refractivity contribution in [1.29, 1.82) is 0 Å². The van der Waals surface area contributed by atoms with Crippen LogP contribution in [0.1, 0.15) is 43.7 Å². The second-order valence-electron chi connectivity index (χ2n) is 5.00. The van der Waals surface area contributed by atoms with Gasteiger partial charge in [0.1, 0.15) is 11.8 Å². The summed E-state index contributed by atoms with van der Waals surface area (Å²) in [5, 5.41) is 6.97. The monoisotopic (exact) mass is 352 g/mol. The normalized spacial score (nSPS) is 14.1. The number of nitrogens with zero attached hydrogens (tertiary/aromatic N) is 4. The highest BCUT2D eigenvalue weighted by atomic mass is 32.2. The smallest absolute Gasteiger partial charge is 0.337 e. The maximum absolute atomic E-state index is 12.5. The molecule has 2 rings (SSSR count). The first-order valence-electron chi connectivity index (χ1n) is 6.77. The van der Waals surface area contributed by atoms with Crippen LogP contribution in [0.5, 0.6) is 0 Å². The predicted octanol–water partition coefficient (Wildman–Crippen LogP) is 2.22. The lowest BCUT2D eigenvalue weighted by Crippen LogP contribution is -2.12. The number of hydrogen-bond acceptors (Lipinski definition) is 6. The second-order valence-corrected chi connectivity index (χ2v) is 7.18. The van der Waals surface area contributed by atoms with Crippen LogP contribution in [0.2, 0.25) is 0 Å². The van der Waals surface area contributed by atoms with Gasteiger partial charge in [-0.05, 0) is 19.4 Å². The zero-order chi connectivity index (χ0) is 17.3. The Labute approximate surface area is 130 Å². The Morgan fingerprint density at radius 1 is 1.39 bits per heavy atom. The topological polar surface area (TPSA) is 90.9 Å². The molecule has 7 nitrogen and oxygen atoms in total. The van der Waals surface area contributed by atoms with E-state index in [4.69, 9.17) is 4.52 Å². The van der Waals surface area contributed by atoms with Crippen molar-refractivity contribution in [2.45, 2.75) is 38.2 Å². The summed E-state index contributed by atoms with van der Waals surface area (Å²) in [6, 6.07) is 0.0840. The highest BCUT2D eigenvalue weighted by Gasteiger charge is 2.34. The highest BCUT2D eigenvalue weighted by Crippen LogP contribution is 2.28. The molecule has 128 valence electrons. The molecule has 0 saturated carbocycles. The summed E-state index contributed by atoms with van der Waals surface area (Å²) in [6.45, 7) is 3.25. The quantitative estimate of drug-likeness (QED) is 0.792. The van der Waals surface area contributed by atoms with Crippen molar-refractivity contribution in [2.75, 3.05) is 5.75 Å². The molecular weight excluding hydrogens is 337 g/mol. The van der Waals surface area contributed by atoms with E-state index < -0.39 is 27.7 Å². The van der Waals surface area contributed by atoms with Crippen LogP contribution in [0, 0.1) is 0 Å². The van der Waals surface area contributed by atoms with E-state index in [2.05, 4.69) is 15.2 Å². The average Bonchev–Trinajstić information content (AvgIpc) is 3.05. The van der Waals surface area contributed by atoms with Crippen molar-refractivity contribution >= 4 is 9.84 Å². The van der Waals surface area contributed by atoms with Gasteiger partial charge in [0, 0.05) is 6.20 Å². The van der Waals surface area contributed by atoms with Gasteiger partial charge in [0.25, 0.3) is 5.89 Å². The van der Waals surface area contributed by atoms with Crippen LogP contribution < -0.4 is 0 Å². The standard InChI is InChI=1S/C12H15F3N4O3S/c1-3-6-23(20,21)7-10-16-11(22-18-10)8(2)19-5-4-9(17-19)12(13,14)15/h4-5,8H,3,6-7H2,1-2H3. The maximum atomic E-state index is 12.5. The summed E-state index contributed by atoms with van der Waals surface area (Å²) < 4.78 is 67.0. The number of hydrogen-bond donors (Lipinski definition) is 0. The van der Waals surface area contributed by atoms with Crippen molar-refractivity contribution < 1.29 is 26.1 Å². The first-order chi connectivity index (χ1) is 10.6. The molecule has 2 aromatic rings. The van der Waals surface area contributed by atoms with Crippen molar-refractivity contribution in [3.63, 3.8) is 0 Å². The maximum Gasteiger partial charge on any atom is 0.435 e. The van der Waals surface area contributed by atoms with Crippen molar-refractivity contribution in [3.8, 4) is 0 Å². The third kappa shape index (κ3) is 4.30. The first kappa shape index (κ1) is 17.4. The zero-order valence-corrected chi connectivity index (χ0v) is 13.2. The van der Waals surface area contributed by atoms with Crippen LogP contribution in [0.4, 0.5) is 13.2 Å². The summed E-state index contributed by atoms with van der Waals surface area (Å²) in [6.07, 6.45) is -2.93. The largest absolute Gasteiger partial charge is 0.435 e. The molecule has 0 aromatic carbocycles. The third-order valence-corrected chi connectivity index (χ3v) is 4.73. The third-order valence-electron chi connectivity index (χ3n) is 3.00. The molecule has 0 N–H and O–H groups in total. The van der Waals surface area contributed by atoms with Gasteiger partial charge in [0.15, 0.2) is 21.4 Å². The summed E-state index contributed by atoms with van der Waals surface area (Å²) in [4.78, 5) is 3.93. The lowest BCUT2D eigenvalue weighted by atomic mass is 10.3. The van der Waals surface area contributed by atoms with Gasteiger partial charge in [0.05, 0.1) is 5.75 Å². The Bertz CT molecular complexity index is 767. The number of aromatic nitrogens is 4. The molecule has 0 aliphatic rings. The summed E-state index contributed by atoms with van der Waals surface area (Å²) in [7, 11) is -3.33. The van der Waals surface area contributed by atoms with E-state index >= 15 is 0 Å². The molecular formula is C12H15F3N4O3S. The van der Waals surface area contributed by atoms with Gasteiger partial charge in [0.2, 0.25) is 0 Å². The Morgan fingerprint density at radius 2 is 2.09 bits per heavy atom. The molecule has 0 fully saturated rings. The molecule has 1 unspecified atom stereocenters. The molecule has 23 heavy (non-hydrogen) atoms. The van der Waals surface area contributed by atoms with E-state index in [1.807, 2.05) is 0 Å². The Hall–Kier alpha value is -1.91. The van der Waals surface area contributed by atoms with Crippen LogP contribution in [0.25, 0.3) is 0 Å². The van der Waals surface area contributed by atoms with Crippen LogP contribution >= 0.6 is 0 Å². The van der Waals surface area contributed by atoms with E-state index in [-0.39, 0.29) is 23.2 Å². The van der Waals surface area contributed by atoms with E-state index in [1.54, 1.807) is 6.92 Å². The van der Waals surface area contributed by atoms with Crippen molar-refractivity contribution in [2.24, 2.45) is 0 Å². The number of alkyl halides is 3. The summed E-state index contributed by atoms with van der Waals surface area (Å²) >= 11 is 0. The second kappa shape index (κ2) is 6.30. The Balaban J connectivity index is 2.15. The Morgan fingerprint density at radius 3 is 2.65 bits per heavy atom. The lowest BCUT2D eigenvalue weighted by Gasteiger charge is -2.07. The van der Waals surface area contributed by atoms with E-state index in [0.717, 1.165) is 16.9 Å². The van der Waals surface area contributed by atoms with Crippen LogP contribution in [0.15, 0.2) is 16.8 Å². The summed E-state index contributed by atoms with van der Waals surface area (Å²) in [5.74, 6) is -0.406. The van der Waals surface area contributed by atoms with Gasteiger partial charge in [-0.1, -0.05) is 12.1 Å². The van der Waals surface area contributed by atoms with Crippen molar-refractivity contribution in [3.05, 3.63) is 29.7 Å². The van der Waals surface area contributed by atoms with Gasteiger partial charge < -0.3 is 4.52 Å². The lowest BCUT2D eigenvalue weighted by molar-refractivity contribution is -0.141. The molecule has 0 bridgehead atoms. The molecule has 0 aliphatic heterocycles. The molecule has 1 atom stereocenters. The molecule has 0 spiro atoms. The molecule has 11 heteroatoms. The minimum atomic E-state index is -4.54. The van der Waals surface area contributed by atoms with Crippen LogP contribution in [-0.4, -0.2) is 34.1 Å². The predicted molar refractivity (Wildman–Crippen MR) is 73.1 cm³/mol. The molecule has 0 amide bonds. The minimum Gasteiger partial charge on any atom is -0.337 e. The molecule has 2 aromatic heterocycles. The van der Waals surface area contributed by atoms with Gasteiger partial charge >= 0.3 is 6.18 Å². The molecule has 0 aliphatic carbocycles. The van der Waals surface area contributed by atoms with E-state index in [1.165, 1.54) is 6.92 Å². The van der Waals surface area contributed by atoms with Crippen LogP contribution in [-0.2, 0) is 21.8 Å². The number of sulfone groups is 1. The molecule has 0 saturated heterocycles. The molecule has 2 heterocycles. The SMILES string of the molecule is CCCS(=O)(=O)Cc1noc(C(C)n2ccc(C(F)(F)F)n2)n1. The zero-order valence-electron chi connectivity index (χ0n) is 12.4. The Kier molecular flexibility index (Phi) is 4.78. The first-order valence-corrected chi connectivity index (χ1v) is 8.60. The van der Waals surface area contributed by atoms with E-state index in [0.29, 0.717) is 6.42 Å². The van der Waals surface area contributed by atoms with Gasteiger partial charge in [-0.3, -0.25) is 4.68 Å². The fourth-order valence-electron chi connectivity index (χ4n) is 1.89. The fraction of sp³-hybridized carbons (Fsp3) is 0.583. The average molecular weight is 352 g/mol.